The minimum Gasteiger partial charge on any atom is -0.489 e. The number of ether oxygens (including phenoxy) is 1. The second kappa shape index (κ2) is 7.55. The van der Waals surface area contributed by atoms with Crippen LogP contribution in [0.3, 0.4) is 0 Å². The van der Waals surface area contributed by atoms with Gasteiger partial charge in [0.15, 0.2) is 0 Å². The fourth-order valence-corrected chi connectivity index (χ4v) is 1.96. The van der Waals surface area contributed by atoms with E-state index in [-0.39, 0.29) is 6.61 Å². The molecule has 2 rings (SSSR count). The molecule has 0 aliphatic heterocycles. The maximum atomic E-state index is 9.81. The molecule has 0 aliphatic rings. The molecule has 6 heteroatoms. The molecule has 1 unspecified atom stereocenters. The number of hydrogen-bond acceptors (Lipinski definition) is 4. The molecular formula is C14H15Cl2NO3. The van der Waals surface area contributed by atoms with Crippen LogP contribution in [-0.2, 0) is 6.54 Å². The summed E-state index contributed by atoms with van der Waals surface area (Å²) < 4.78 is 10.6. The van der Waals surface area contributed by atoms with Crippen molar-refractivity contribution in [1.82, 2.24) is 5.32 Å². The molecule has 1 aromatic heterocycles. The van der Waals surface area contributed by atoms with Gasteiger partial charge < -0.3 is 19.6 Å². The monoisotopic (exact) mass is 315 g/mol. The quantitative estimate of drug-likeness (QED) is 0.824. The third-order valence-electron chi connectivity index (χ3n) is 2.61. The summed E-state index contributed by atoms with van der Waals surface area (Å²) in [6.07, 6.45) is 0.956. The molecule has 4 nitrogen and oxygen atoms in total. The van der Waals surface area contributed by atoms with Gasteiger partial charge in [-0.15, -0.1) is 0 Å². The summed E-state index contributed by atoms with van der Waals surface area (Å²) in [6.45, 7) is 1.08. The van der Waals surface area contributed by atoms with E-state index in [4.69, 9.17) is 32.4 Å². The number of hydrogen-bond donors (Lipinski definition) is 2. The molecule has 108 valence electrons. The Labute approximate surface area is 127 Å². The van der Waals surface area contributed by atoms with Crippen LogP contribution in [0.4, 0.5) is 0 Å². The highest BCUT2D eigenvalue weighted by atomic mass is 35.5. The van der Waals surface area contributed by atoms with E-state index in [0.717, 1.165) is 5.76 Å². The molecule has 1 atom stereocenters. The lowest BCUT2D eigenvalue weighted by molar-refractivity contribution is 0.106. The van der Waals surface area contributed by atoms with Crippen LogP contribution in [0.15, 0.2) is 41.0 Å². The molecule has 0 spiro atoms. The molecular weight excluding hydrogens is 301 g/mol. The zero-order valence-electron chi connectivity index (χ0n) is 10.7. The van der Waals surface area contributed by atoms with Gasteiger partial charge in [-0.3, -0.25) is 0 Å². The van der Waals surface area contributed by atoms with E-state index in [1.165, 1.54) is 0 Å². The van der Waals surface area contributed by atoms with Crippen molar-refractivity contribution in [3.63, 3.8) is 0 Å². The van der Waals surface area contributed by atoms with E-state index in [2.05, 4.69) is 5.32 Å². The van der Waals surface area contributed by atoms with Gasteiger partial charge in [0.2, 0.25) is 0 Å². The molecule has 0 saturated carbocycles. The summed E-state index contributed by atoms with van der Waals surface area (Å²) in [6, 6.07) is 8.81. The molecule has 1 aromatic carbocycles. The molecule has 0 fully saturated rings. The molecule has 0 saturated heterocycles. The lowest BCUT2D eigenvalue weighted by atomic mass is 10.3. The minimum absolute atomic E-state index is 0.130. The number of aliphatic hydroxyl groups excluding tert-OH is 1. The third-order valence-corrected chi connectivity index (χ3v) is 3.41. The zero-order valence-corrected chi connectivity index (χ0v) is 12.2. The van der Waals surface area contributed by atoms with Crippen LogP contribution in [0.2, 0.25) is 10.0 Å². The number of furan rings is 1. The van der Waals surface area contributed by atoms with Crippen molar-refractivity contribution in [2.45, 2.75) is 12.6 Å². The number of nitrogens with one attached hydrogen (secondary N) is 1. The Morgan fingerprint density at radius 2 is 2.10 bits per heavy atom. The summed E-state index contributed by atoms with van der Waals surface area (Å²) in [5.74, 6) is 1.28. The van der Waals surface area contributed by atoms with Gasteiger partial charge >= 0.3 is 0 Å². The van der Waals surface area contributed by atoms with Crippen molar-refractivity contribution in [3.8, 4) is 5.75 Å². The Balaban J connectivity index is 1.72. The Hall–Kier alpha value is -1.20. The maximum Gasteiger partial charge on any atom is 0.139 e. The van der Waals surface area contributed by atoms with Crippen LogP contribution in [0.5, 0.6) is 5.75 Å². The van der Waals surface area contributed by atoms with E-state index in [0.29, 0.717) is 28.9 Å². The predicted octanol–water partition coefficient (Wildman–Crippen LogP) is 3.12. The predicted molar refractivity (Wildman–Crippen MR) is 78.4 cm³/mol. The largest absolute Gasteiger partial charge is 0.489 e. The van der Waals surface area contributed by atoms with Crippen LogP contribution in [0.25, 0.3) is 0 Å². The first-order chi connectivity index (χ1) is 9.66. The normalized spacial score (nSPS) is 12.3. The first-order valence-corrected chi connectivity index (χ1v) is 6.90. The molecule has 0 aliphatic carbocycles. The SMILES string of the molecule is OC(CNCc1ccco1)COc1cccc(Cl)c1Cl. The average Bonchev–Trinajstić information content (AvgIpc) is 2.94. The highest BCUT2D eigenvalue weighted by Gasteiger charge is 2.09. The summed E-state index contributed by atoms with van der Waals surface area (Å²) in [5.41, 5.74) is 0. The van der Waals surface area contributed by atoms with Crippen molar-refractivity contribution in [2.75, 3.05) is 13.2 Å². The Kier molecular flexibility index (Phi) is 5.73. The minimum atomic E-state index is -0.653. The highest BCUT2D eigenvalue weighted by molar-refractivity contribution is 6.42. The van der Waals surface area contributed by atoms with Gasteiger partial charge in [-0.25, -0.2) is 0 Å². The van der Waals surface area contributed by atoms with Crippen molar-refractivity contribution in [3.05, 3.63) is 52.4 Å². The maximum absolute atomic E-state index is 9.81. The van der Waals surface area contributed by atoms with Gasteiger partial charge in [0.25, 0.3) is 0 Å². The van der Waals surface area contributed by atoms with Gasteiger partial charge in [0, 0.05) is 6.54 Å². The van der Waals surface area contributed by atoms with Gasteiger partial charge in [-0.1, -0.05) is 29.3 Å². The highest BCUT2D eigenvalue weighted by Crippen LogP contribution is 2.31. The van der Waals surface area contributed by atoms with Crippen LogP contribution in [0, 0.1) is 0 Å². The second-order valence-electron chi connectivity index (χ2n) is 4.23. The zero-order chi connectivity index (χ0) is 14.4. The van der Waals surface area contributed by atoms with E-state index < -0.39 is 6.10 Å². The van der Waals surface area contributed by atoms with Gasteiger partial charge in [0.1, 0.15) is 29.2 Å². The second-order valence-corrected chi connectivity index (χ2v) is 5.01. The number of aliphatic hydroxyl groups is 1. The van der Waals surface area contributed by atoms with Crippen LogP contribution in [-0.4, -0.2) is 24.4 Å². The molecule has 0 amide bonds. The third kappa shape index (κ3) is 4.42. The Morgan fingerprint density at radius 1 is 1.25 bits per heavy atom. The summed E-state index contributed by atoms with van der Waals surface area (Å²) in [7, 11) is 0. The van der Waals surface area contributed by atoms with E-state index in [1.54, 1.807) is 24.5 Å². The first kappa shape index (κ1) is 15.2. The molecule has 20 heavy (non-hydrogen) atoms. The van der Waals surface area contributed by atoms with Gasteiger partial charge in [-0.2, -0.15) is 0 Å². The van der Waals surface area contributed by atoms with E-state index in [9.17, 15) is 5.11 Å². The number of benzene rings is 1. The first-order valence-electron chi connectivity index (χ1n) is 6.15. The standard InChI is InChI=1S/C14H15Cl2NO3/c15-12-4-1-5-13(14(12)16)20-9-10(18)7-17-8-11-3-2-6-19-11/h1-6,10,17-18H,7-9H2. The van der Waals surface area contributed by atoms with Crippen LogP contribution in [0.1, 0.15) is 5.76 Å². The smallest absolute Gasteiger partial charge is 0.139 e. The van der Waals surface area contributed by atoms with E-state index in [1.807, 2.05) is 12.1 Å². The Bertz CT molecular complexity index is 531. The average molecular weight is 316 g/mol. The lowest BCUT2D eigenvalue weighted by Gasteiger charge is -2.14. The van der Waals surface area contributed by atoms with Gasteiger partial charge in [-0.05, 0) is 24.3 Å². The van der Waals surface area contributed by atoms with Crippen LogP contribution < -0.4 is 10.1 Å². The van der Waals surface area contributed by atoms with E-state index >= 15 is 0 Å². The number of halogens is 2. The fraction of sp³-hybridized carbons (Fsp3) is 0.286. The summed E-state index contributed by atoms with van der Waals surface area (Å²) in [5, 5.41) is 13.6. The topological polar surface area (TPSA) is 54.6 Å². The molecule has 0 bridgehead atoms. The molecule has 2 N–H and O–H groups in total. The molecule has 1 heterocycles. The molecule has 2 aromatic rings. The fourth-order valence-electron chi connectivity index (χ4n) is 1.62. The Morgan fingerprint density at radius 3 is 2.85 bits per heavy atom. The summed E-state index contributed by atoms with van der Waals surface area (Å²) in [4.78, 5) is 0. The van der Waals surface area contributed by atoms with Crippen molar-refractivity contribution in [2.24, 2.45) is 0 Å². The van der Waals surface area contributed by atoms with Crippen molar-refractivity contribution >= 4 is 23.2 Å². The lowest BCUT2D eigenvalue weighted by Crippen LogP contribution is -2.31. The van der Waals surface area contributed by atoms with Gasteiger partial charge in [0.05, 0.1) is 17.8 Å². The molecule has 0 radical (unpaired) electrons. The summed E-state index contributed by atoms with van der Waals surface area (Å²) >= 11 is 11.9. The number of rotatable bonds is 7. The van der Waals surface area contributed by atoms with Crippen LogP contribution >= 0.6 is 23.2 Å². The van der Waals surface area contributed by atoms with Crippen molar-refractivity contribution in [1.29, 1.82) is 0 Å². The van der Waals surface area contributed by atoms with Crippen molar-refractivity contribution < 1.29 is 14.3 Å².